The molecule has 0 bridgehead atoms. The van der Waals surface area contributed by atoms with Crippen molar-refractivity contribution in [3.63, 3.8) is 0 Å². The number of nitrogens with one attached hydrogen (secondary N) is 1. The molecule has 0 spiro atoms. The van der Waals surface area contributed by atoms with Gasteiger partial charge < -0.3 is 5.32 Å². The van der Waals surface area contributed by atoms with Crippen LogP contribution in [0.4, 0.5) is 0 Å². The fourth-order valence-corrected chi connectivity index (χ4v) is 3.87. The molecule has 1 N–H and O–H groups in total. The highest BCUT2D eigenvalue weighted by atomic mass is 14.9. The molecule has 0 aromatic rings. The van der Waals surface area contributed by atoms with Crippen LogP contribution in [0.15, 0.2) is 0 Å². The van der Waals surface area contributed by atoms with Crippen LogP contribution in [0.5, 0.6) is 0 Å². The molecule has 2 atom stereocenters. The van der Waals surface area contributed by atoms with Crippen LogP contribution in [0.1, 0.15) is 104 Å². The predicted molar refractivity (Wildman–Crippen MR) is 95.8 cm³/mol. The summed E-state index contributed by atoms with van der Waals surface area (Å²) in [6.45, 7) is 7.19. The molecule has 1 aliphatic rings. The van der Waals surface area contributed by atoms with Gasteiger partial charge in [0.25, 0.3) is 0 Å². The molecular weight excluding hydrogens is 254 g/mol. The summed E-state index contributed by atoms with van der Waals surface area (Å²) in [4.78, 5) is 0. The number of unbranched alkanes of at least 4 members (excludes halogenated alkanes) is 7. The van der Waals surface area contributed by atoms with E-state index in [1.54, 1.807) is 0 Å². The van der Waals surface area contributed by atoms with E-state index in [0.29, 0.717) is 0 Å². The van der Waals surface area contributed by atoms with E-state index in [2.05, 4.69) is 19.2 Å². The maximum atomic E-state index is 3.60. The Balaban J connectivity index is 2.16. The number of hydrogen-bond acceptors (Lipinski definition) is 1. The molecule has 1 nitrogen and oxygen atoms in total. The Morgan fingerprint density at radius 2 is 1.48 bits per heavy atom. The first-order chi connectivity index (χ1) is 10.4. The van der Waals surface area contributed by atoms with Gasteiger partial charge in [-0.2, -0.15) is 0 Å². The van der Waals surface area contributed by atoms with Crippen LogP contribution >= 0.6 is 0 Å². The zero-order valence-corrected chi connectivity index (χ0v) is 15.0. The second kappa shape index (κ2) is 13.6. The van der Waals surface area contributed by atoms with Crippen molar-refractivity contribution in [1.29, 1.82) is 0 Å². The van der Waals surface area contributed by atoms with Gasteiger partial charge in [0, 0.05) is 0 Å². The normalized spacial score (nSPS) is 20.6. The standard InChI is InChI=1S/C20H41N/c1-3-5-7-8-9-11-14-19(13-10-6-4-2)17-20-15-12-16-21-18-20/h19-21H,3-18H2,1-2H3/t19?,20-/m0/s1. The van der Waals surface area contributed by atoms with E-state index < -0.39 is 0 Å². The molecule has 0 aliphatic carbocycles. The van der Waals surface area contributed by atoms with E-state index in [1.807, 2.05) is 0 Å². The fraction of sp³-hybridized carbons (Fsp3) is 1.00. The second-order valence-corrected chi connectivity index (χ2v) is 7.37. The Kier molecular flexibility index (Phi) is 12.3. The molecule has 0 aromatic heterocycles. The summed E-state index contributed by atoms with van der Waals surface area (Å²) in [5.41, 5.74) is 0. The lowest BCUT2D eigenvalue weighted by atomic mass is 9.83. The Labute approximate surface area is 134 Å². The highest BCUT2D eigenvalue weighted by molar-refractivity contribution is 4.73. The molecule has 1 heterocycles. The van der Waals surface area contributed by atoms with Gasteiger partial charge in [0.1, 0.15) is 0 Å². The van der Waals surface area contributed by atoms with Crippen LogP contribution in [-0.4, -0.2) is 13.1 Å². The molecule has 21 heavy (non-hydrogen) atoms. The maximum absolute atomic E-state index is 3.60. The van der Waals surface area contributed by atoms with Crippen LogP contribution in [0.3, 0.4) is 0 Å². The molecule has 1 fully saturated rings. The average molecular weight is 296 g/mol. The smallest absolute Gasteiger partial charge is 0.00204 e. The van der Waals surface area contributed by atoms with Gasteiger partial charge in [0.15, 0.2) is 0 Å². The third-order valence-corrected chi connectivity index (χ3v) is 5.25. The van der Waals surface area contributed by atoms with E-state index in [0.717, 1.165) is 11.8 Å². The van der Waals surface area contributed by atoms with Gasteiger partial charge >= 0.3 is 0 Å². The summed E-state index contributed by atoms with van der Waals surface area (Å²) in [5.74, 6) is 2.00. The molecule has 1 unspecified atom stereocenters. The fourth-order valence-electron chi connectivity index (χ4n) is 3.87. The zero-order valence-electron chi connectivity index (χ0n) is 15.0. The van der Waals surface area contributed by atoms with E-state index in [1.165, 1.54) is 103 Å². The lowest BCUT2D eigenvalue weighted by Crippen LogP contribution is -2.31. The molecule has 0 aromatic carbocycles. The monoisotopic (exact) mass is 295 g/mol. The molecule has 1 rings (SSSR count). The van der Waals surface area contributed by atoms with Crippen LogP contribution in [0.25, 0.3) is 0 Å². The Morgan fingerprint density at radius 3 is 2.14 bits per heavy atom. The lowest BCUT2D eigenvalue weighted by Gasteiger charge is -2.27. The highest BCUT2D eigenvalue weighted by Crippen LogP contribution is 2.27. The van der Waals surface area contributed by atoms with E-state index in [9.17, 15) is 0 Å². The Hall–Kier alpha value is -0.0400. The second-order valence-electron chi connectivity index (χ2n) is 7.37. The van der Waals surface area contributed by atoms with Crippen molar-refractivity contribution in [1.82, 2.24) is 5.32 Å². The molecule has 0 saturated carbocycles. The third-order valence-electron chi connectivity index (χ3n) is 5.25. The summed E-state index contributed by atoms with van der Waals surface area (Å²) < 4.78 is 0. The van der Waals surface area contributed by atoms with Crippen LogP contribution in [-0.2, 0) is 0 Å². The predicted octanol–water partition coefficient (Wildman–Crippen LogP) is 6.32. The topological polar surface area (TPSA) is 12.0 Å². The van der Waals surface area contributed by atoms with Crippen molar-refractivity contribution in [2.24, 2.45) is 11.8 Å². The van der Waals surface area contributed by atoms with Crippen molar-refractivity contribution < 1.29 is 0 Å². The van der Waals surface area contributed by atoms with Crippen molar-refractivity contribution >= 4 is 0 Å². The van der Waals surface area contributed by atoms with Gasteiger partial charge in [-0.3, -0.25) is 0 Å². The molecule has 0 amide bonds. The van der Waals surface area contributed by atoms with E-state index in [-0.39, 0.29) is 0 Å². The van der Waals surface area contributed by atoms with Crippen molar-refractivity contribution in [3.05, 3.63) is 0 Å². The summed E-state index contributed by atoms with van der Waals surface area (Å²) in [6, 6.07) is 0. The first kappa shape index (κ1) is 19.0. The highest BCUT2D eigenvalue weighted by Gasteiger charge is 2.18. The number of hydrogen-bond donors (Lipinski definition) is 1. The minimum absolute atomic E-state index is 0.977. The van der Waals surface area contributed by atoms with Crippen LogP contribution in [0.2, 0.25) is 0 Å². The van der Waals surface area contributed by atoms with Gasteiger partial charge in [0.05, 0.1) is 0 Å². The van der Waals surface area contributed by atoms with Crippen LogP contribution in [0, 0.1) is 11.8 Å². The summed E-state index contributed by atoms with van der Waals surface area (Å²) in [7, 11) is 0. The molecule has 126 valence electrons. The van der Waals surface area contributed by atoms with Crippen LogP contribution < -0.4 is 5.32 Å². The maximum Gasteiger partial charge on any atom is -0.00204 e. The molecule has 1 heteroatoms. The number of rotatable bonds is 13. The summed E-state index contributed by atoms with van der Waals surface area (Å²) in [6.07, 6.45) is 20.4. The van der Waals surface area contributed by atoms with E-state index in [4.69, 9.17) is 0 Å². The average Bonchev–Trinajstić information content (AvgIpc) is 2.51. The Bertz CT molecular complexity index is 208. The minimum atomic E-state index is 0.977. The molecule has 0 radical (unpaired) electrons. The van der Waals surface area contributed by atoms with Crippen molar-refractivity contribution in [2.75, 3.05) is 13.1 Å². The van der Waals surface area contributed by atoms with Gasteiger partial charge in [-0.05, 0) is 44.2 Å². The number of piperidine rings is 1. The zero-order chi connectivity index (χ0) is 15.2. The van der Waals surface area contributed by atoms with Gasteiger partial charge in [-0.25, -0.2) is 0 Å². The van der Waals surface area contributed by atoms with Crippen molar-refractivity contribution in [2.45, 2.75) is 104 Å². The van der Waals surface area contributed by atoms with Gasteiger partial charge in [0.2, 0.25) is 0 Å². The first-order valence-electron chi connectivity index (χ1n) is 10.1. The quantitative estimate of drug-likeness (QED) is 0.392. The summed E-state index contributed by atoms with van der Waals surface area (Å²) >= 11 is 0. The van der Waals surface area contributed by atoms with E-state index >= 15 is 0 Å². The third kappa shape index (κ3) is 10.3. The van der Waals surface area contributed by atoms with Gasteiger partial charge in [-0.15, -0.1) is 0 Å². The molecule has 1 saturated heterocycles. The lowest BCUT2D eigenvalue weighted by molar-refractivity contribution is 0.273. The molecular formula is C20H41N. The van der Waals surface area contributed by atoms with Gasteiger partial charge in [-0.1, -0.05) is 84.5 Å². The SMILES string of the molecule is CCCCCCCCC(CCCCC)C[C@@H]1CCCNC1. The minimum Gasteiger partial charge on any atom is -0.316 e. The summed E-state index contributed by atoms with van der Waals surface area (Å²) in [5, 5.41) is 3.60. The first-order valence-corrected chi connectivity index (χ1v) is 10.1. The van der Waals surface area contributed by atoms with Crippen molar-refractivity contribution in [3.8, 4) is 0 Å². The molecule has 1 aliphatic heterocycles. The Morgan fingerprint density at radius 1 is 0.857 bits per heavy atom. The largest absolute Gasteiger partial charge is 0.316 e.